The van der Waals surface area contributed by atoms with Gasteiger partial charge in [-0.25, -0.2) is 0 Å². The number of halogens is 2. The molecule has 0 aliphatic carbocycles. The summed E-state index contributed by atoms with van der Waals surface area (Å²) in [7, 11) is 0. The summed E-state index contributed by atoms with van der Waals surface area (Å²) < 4.78 is 0.912. The van der Waals surface area contributed by atoms with Gasteiger partial charge in [-0.2, -0.15) is 0 Å². The molecule has 2 aliphatic heterocycles. The van der Waals surface area contributed by atoms with Crippen LogP contribution in [-0.2, 0) is 9.59 Å². The quantitative estimate of drug-likeness (QED) is 0.542. The minimum atomic E-state index is -1.84. The van der Waals surface area contributed by atoms with Crippen molar-refractivity contribution in [3.05, 3.63) is 63.6 Å². The van der Waals surface area contributed by atoms with Crippen LogP contribution in [-0.4, -0.2) is 64.3 Å². The fourth-order valence-electron chi connectivity index (χ4n) is 4.47. The van der Waals surface area contributed by atoms with Crippen molar-refractivity contribution < 1.29 is 19.8 Å². The lowest BCUT2D eigenvalue weighted by atomic mass is 10.1. The Balaban J connectivity index is 1.34. The number of amides is 2. The van der Waals surface area contributed by atoms with E-state index in [1.54, 1.807) is 11.8 Å². The molecular formula is C23H25BrClN3O4. The van der Waals surface area contributed by atoms with Gasteiger partial charge in [0.25, 0.3) is 11.8 Å². The Morgan fingerprint density at radius 3 is 2.28 bits per heavy atom. The first-order valence-corrected chi connectivity index (χ1v) is 11.7. The normalized spacial score (nSPS) is 22.5. The van der Waals surface area contributed by atoms with Gasteiger partial charge in [0.05, 0.1) is 12.1 Å². The molecule has 3 N–H and O–H groups in total. The van der Waals surface area contributed by atoms with Crippen molar-refractivity contribution in [1.29, 1.82) is 0 Å². The van der Waals surface area contributed by atoms with E-state index < -0.39 is 24.0 Å². The molecule has 2 saturated heterocycles. The third-order valence-electron chi connectivity index (χ3n) is 6.23. The molecule has 2 aromatic carbocycles. The lowest BCUT2D eigenvalue weighted by Crippen LogP contribution is -2.56. The van der Waals surface area contributed by atoms with Gasteiger partial charge in [-0.1, -0.05) is 39.7 Å². The minimum absolute atomic E-state index is 0.0743. The van der Waals surface area contributed by atoms with Crippen molar-refractivity contribution in [3.63, 3.8) is 0 Å². The molecule has 2 heterocycles. The maximum absolute atomic E-state index is 12.9. The van der Waals surface area contributed by atoms with Crippen molar-refractivity contribution in [1.82, 2.24) is 10.2 Å². The molecule has 2 fully saturated rings. The summed E-state index contributed by atoms with van der Waals surface area (Å²) in [5, 5.41) is 24.1. The van der Waals surface area contributed by atoms with Crippen LogP contribution in [0.15, 0.2) is 53.0 Å². The second kappa shape index (κ2) is 9.39. The number of carbonyl (C=O) groups excluding carboxylic acids is 2. The zero-order valence-corrected chi connectivity index (χ0v) is 19.8. The summed E-state index contributed by atoms with van der Waals surface area (Å²) in [5.41, 5.74) is 1.88. The van der Waals surface area contributed by atoms with Crippen LogP contribution in [0.25, 0.3) is 0 Å². The van der Waals surface area contributed by atoms with Crippen molar-refractivity contribution in [2.45, 2.75) is 43.7 Å². The van der Waals surface area contributed by atoms with Crippen molar-refractivity contribution in [2.75, 3.05) is 18.0 Å². The highest BCUT2D eigenvalue weighted by Gasteiger charge is 2.47. The van der Waals surface area contributed by atoms with E-state index >= 15 is 0 Å². The van der Waals surface area contributed by atoms with Crippen LogP contribution in [0, 0.1) is 0 Å². The largest absolute Gasteiger partial charge is 0.380 e. The zero-order valence-electron chi connectivity index (χ0n) is 17.5. The molecule has 2 aliphatic rings. The minimum Gasteiger partial charge on any atom is -0.380 e. The van der Waals surface area contributed by atoms with Crippen LogP contribution in [0.2, 0.25) is 5.02 Å². The number of hydrogen-bond acceptors (Lipinski definition) is 5. The second-order valence-corrected chi connectivity index (χ2v) is 9.69. The maximum Gasteiger partial charge on any atom is 0.255 e. The number of benzene rings is 2. The molecule has 170 valence electrons. The summed E-state index contributed by atoms with van der Waals surface area (Å²) in [4.78, 5) is 29.1. The lowest BCUT2D eigenvalue weighted by Gasteiger charge is -2.36. The number of nitrogens with zero attached hydrogens (tertiary/aromatic N) is 2. The summed E-state index contributed by atoms with van der Waals surface area (Å²) >= 11 is 9.33. The number of anilines is 1. The Hall–Kier alpha value is -2.13. The van der Waals surface area contributed by atoms with Crippen LogP contribution >= 0.6 is 27.5 Å². The number of aliphatic hydroxyl groups excluding tert-OH is 2. The van der Waals surface area contributed by atoms with Crippen LogP contribution in [0.4, 0.5) is 5.69 Å². The first-order chi connectivity index (χ1) is 15.2. The first-order valence-electron chi connectivity index (χ1n) is 10.5. The van der Waals surface area contributed by atoms with E-state index in [0.717, 1.165) is 22.1 Å². The lowest BCUT2D eigenvalue weighted by molar-refractivity contribution is -0.154. The predicted octanol–water partition coefficient (Wildman–Crippen LogP) is 2.49. The van der Waals surface area contributed by atoms with Gasteiger partial charge in [0.2, 0.25) is 0 Å². The molecule has 0 aromatic heterocycles. The number of piperazine rings is 1. The zero-order chi connectivity index (χ0) is 23.0. The van der Waals surface area contributed by atoms with E-state index in [4.69, 9.17) is 11.6 Å². The summed E-state index contributed by atoms with van der Waals surface area (Å²) in [5.74, 6) is -1.40. The summed E-state index contributed by atoms with van der Waals surface area (Å²) in [6, 6.07) is 14.6. The molecule has 0 radical (unpaired) electrons. The van der Waals surface area contributed by atoms with E-state index in [9.17, 15) is 19.8 Å². The number of hydrogen-bond donors (Lipinski definition) is 3. The molecule has 7 nitrogen and oxygen atoms in total. The number of aliphatic hydroxyl groups is 2. The van der Waals surface area contributed by atoms with Gasteiger partial charge in [0, 0.05) is 34.3 Å². The monoisotopic (exact) mass is 521 g/mol. The molecule has 5 atom stereocenters. The molecule has 0 spiro atoms. The Kier molecular flexibility index (Phi) is 6.76. The molecule has 4 unspecified atom stereocenters. The van der Waals surface area contributed by atoms with E-state index in [-0.39, 0.29) is 18.1 Å². The van der Waals surface area contributed by atoms with E-state index in [1.165, 1.54) is 0 Å². The maximum atomic E-state index is 12.9. The molecular weight excluding hydrogens is 498 g/mol. The Morgan fingerprint density at radius 1 is 1.03 bits per heavy atom. The van der Waals surface area contributed by atoms with E-state index in [1.807, 2.05) is 48.5 Å². The van der Waals surface area contributed by atoms with Gasteiger partial charge in [-0.05, 0) is 55.3 Å². The fourth-order valence-corrected chi connectivity index (χ4v) is 4.86. The van der Waals surface area contributed by atoms with Crippen LogP contribution < -0.4 is 10.2 Å². The summed E-state index contributed by atoms with van der Waals surface area (Å²) in [6.07, 6.45) is -2.87. The van der Waals surface area contributed by atoms with Crippen molar-refractivity contribution in [2.24, 2.45) is 0 Å². The average Bonchev–Trinajstić information content (AvgIpc) is 3.39. The average molecular weight is 523 g/mol. The number of rotatable bonds is 6. The fraction of sp³-hybridized carbons (Fsp3) is 0.391. The van der Waals surface area contributed by atoms with Gasteiger partial charge < -0.3 is 25.3 Å². The molecule has 2 bridgehead atoms. The van der Waals surface area contributed by atoms with Gasteiger partial charge in [0.15, 0.2) is 12.2 Å². The highest BCUT2D eigenvalue weighted by molar-refractivity contribution is 9.10. The number of nitrogens with one attached hydrogen (secondary N) is 1. The molecule has 2 aromatic rings. The first kappa shape index (κ1) is 23.0. The smallest absolute Gasteiger partial charge is 0.255 e. The summed E-state index contributed by atoms with van der Waals surface area (Å²) in [6.45, 7) is 2.84. The highest BCUT2D eigenvalue weighted by atomic mass is 79.9. The predicted molar refractivity (Wildman–Crippen MR) is 125 cm³/mol. The third kappa shape index (κ3) is 4.64. The molecule has 2 amide bonds. The number of fused-ring (bicyclic) bond motifs is 2. The van der Waals surface area contributed by atoms with E-state index in [2.05, 4.69) is 26.1 Å². The van der Waals surface area contributed by atoms with Gasteiger partial charge in [-0.3, -0.25) is 9.59 Å². The van der Waals surface area contributed by atoms with E-state index in [0.29, 0.717) is 18.1 Å². The molecule has 32 heavy (non-hydrogen) atoms. The molecule has 0 saturated carbocycles. The Bertz CT molecular complexity index is 988. The number of likely N-dealkylation sites (tertiary alicyclic amines) is 1. The highest BCUT2D eigenvalue weighted by Crippen LogP contribution is 2.35. The van der Waals surface area contributed by atoms with Gasteiger partial charge in [0.1, 0.15) is 0 Å². The molecule has 4 rings (SSSR count). The number of carbonyl (C=O) groups is 2. The standard InChI is InChI=1S/C23H25BrClN3O4/c1-13(14-2-4-15(24)5-3-14)26-22(31)20(29)21(30)23(32)28-12-18-10-19(28)11-27(18)17-8-6-16(25)7-9-17/h2-9,13,18-21,29-30H,10-12H2,1H3,(H,26,31)/t13-,18?,19?,20?,21?/m0/s1. The third-order valence-corrected chi connectivity index (χ3v) is 7.01. The topological polar surface area (TPSA) is 93.1 Å². The van der Waals surface area contributed by atoms with Gasteiger partial charge in [-0.15, -0.1) is 0 Å². The van der Waals surface area contributed by atoms with Crippen LogP contribution in [0.3, 0.4) is 0 Å². The van der Waals surface area contributed by atoms with Crippen molar-refractivity contribution in [3.8, 4) is 0 Å². The Morgan fingerprint density at radius 2 is 1.69 bits per heavy atom. The molecule has 9 heteroatoms. The Labute approximate surface area is 200 Å². The SMILES string of the molecule is C[C@H](NC(=O)C(O)C(O)C(=O)N1CC2CC1CN2c1ccc(Cl)cc1)c1ccc(Br)cc1. The second-order valence-electron chi connectivity index (χ2n) is 8.33. The van der Waals surface area contributed by atoms with Crippen LogP contribution in [0.1, 0.15) is 24.9 Å². The van der Waals surface area contributed by atoms with Crippen LogP contribution in [0.5, 0.6) is 0 Å². The van der Waals surface area contributed by atoms with Crippen molar-refractivity contribution >= 4 is 45.0 Å². The van der Waals surface area contributed by atoms with Gasteiger partial charge >= 0.3 is 0 Å².